The van der Waals surface area contributed by atoms with Crippen molar-refractivity contribution in [3.8, 4) is 5.88 Å². The molecule has 2 atom stereocenters. The van der Waals surface area contributed by atoms with Crippen LogP contribution in [0.3, 0.4) is 0 Å². The van der Waals surface area contributed by atoms with E-state index in [1.807, 2.05) is 12.2 Å². The quantitative estimate of drug-likeness (QED) is 0.708. The molecule has 1 aromatic heterocycles. The number of methoxy groups -OCH3 is 2. The smallest absolute Gasteiger partial charge is 0.213 e. The molecule has 1 unspecified atom stereocenters. The molecule has 0 aliphatic heterocycles. The summed E-state index contributed by atoms with van der Waals surface area (Å²) in [6.07, 6.45) is 5.78. The van der Waals surface area contributed by atoms with Crippen molar-refractivity contribution in [1.82, 2.24) is 4.98 Å². The van der Waals surface area contributed by atoms with Crippen molar-refractivity contribution in [3.05, 3.63) is 41.4 Å². The lowest BCUT2D eigenvalue weighted by Crippen LogP contribution is -2.32. The Hall–Kier alpha value is -1.39. The highest BCUT2D eigenvalue weighted by Crippen LogP contribution is 2.40. The molecule has 2 rings (SSSR count). The van der Waals surface area contributed by atoms with Crippen LogP contribution in [0.5, 0.6) is 5.88 Å². The van der Waals surface area contributed by atoms with E-state index in [9.17, 15) is 4.39 Å². The van der Waals surface area contributed by atoms with E-state index in [4.69, 9.17) is 21.1 Å². The first-order valence-corrected chi connectivity index (χ1v) is 8.55. The summed E-state index contributed by atoms with van der Waals surface area (Å²) in [6, 6.07) is 1.63. The molecule has 0 saturated carbocycles. The molecule has 132 valence electrons. The van der Waals surface area contributed by atoms with Crippen molar-refractivity contribution in [1.29, 1.82) is 0 Å². The van der Waals surface area contributed by atoms with Gasteiger partial charge in [-0.25, -0.2) is 9.37 Å². The van der Waals surface area contributed by atoms with E-state index in [2.05, 4.69) is 25.8 Å². The van der Waals surface area contributed by atoms with Gasteiger partial charge in [0.15, 0.2) is 0 Å². The van der Waals surface area contributed by atoms with Crippen LogP contribution in [0.15, 0.2) is 30.0 Å². The lowest BCUT2D eigenvalue weighted by atomic mass is 9.76. The first-order valence-electron chi connectivity index (χ1n) is 8.01. The highest BCUT2D eigenvalue weighted by molar-refractivity contribution is 6.18. The van der Waals surface area contributed by atoms with Gasteiger partial charge in [0.1, 0.15) is 5.82 Å². The van der Waals surface area contributed by atoms with Crippen LogP contribution in [0.1, 0.15) is 32.8 Å². The molecule has 3 nitrogen and oxygen atoms in total. The Balaban J connectivity index is 2.62. The third-order valence-corrected chi connectivity index (χ3v) is 4.63. The molecule has 5 heteroatoms. The molecule has 0 bridgehead atoms. The number of aromatic nitrogens is 1. The molecule has 0 saturated heterocycles. The van der Waals surface area contributed by atoms with Gasteiger partial charge in [0.25, 0.3) is 0 Å². The fourth-order valence-corrected chi connectivity index (χ4v) is 3.38. The number of hydrogen-bond donors (Lipinski definition) is 0. The number of halogens is 2. The average Bonchev–Trinajstić information content (AvgIpc) is 2.55. The zero-order chi connectivity index (χ0) is 17.9. The van der Waals surface area contributed by atoms with Gasteiger partial charge in [0, 0.05) is 24.6 Å². The molecule has 1 aromatic rings. The molecular formula is C19H25ClFNO2. The molecule has 1 aliphatic carbocycles. The van der Waals surface area contributed by atoms with Crippen molar-refractivity contribution in [2.45, 2.75) is 33.3 Å². The van der Waals surface area contributed by atoms with E-state index in [0.717, 1.165) is 17.6 Å². The number of allylic oxidation sites excluding steroid dienone is 3. The van der Waals surface area contributed by atoms with Crippen LogP contribution in [0.25, 0.3) is 5.57 Å². The number of nitrogens with zero attached hydrogens (tertiary/aromatic N) is 1. The van der Waals surface area contributed by atoms with E-state index < -0.39 is 0 Å². The highest BCUT2D eigenvalue weighted by atomic mass is 35.5. The molecular weight excluding hydrogens is 329 g/mol. The van der Waals surface area contributed by atoms with Crippen molar-refractivity contribution in [2.75, 3.05) is 20.1 Å². The first kappa shape index (κ1) is 18.9. The minimum atomic E-state index is -0.374. The van der Waals surface area contributed by atoms with E-state index >= 15 is 0 Å². The zero-order valence-corrected chi connectivity index (χ0v) is 15.7. The predicted octanol–water partition coefficient (Wildman–Crippen LogP) is 4.86. The minimum absolute atomic E-state index is 0.120. The van der Waals surface area contributed by atoms with Gasteiger partial charge in [-0.1, -0.05) is 32.9 Å². The molecule has 0 fully saturated rings. The fraction of sp³-hybridized carbons (Fsp3) is 0.526. The SMILES string of the molecule is COc1cc(C2=C([C@H](OC)C(C)(C)C)CC(CCl)C=C2)c(F)cn1. The maximum atomic E-state index is 14.5. The Labute approximate surface area is 148 Å². The van der Waals surface area contributed by atoms with Crippen LogP contribution < -0.4 is 4.74 Å². The van der Waals surface area contributed by atoms with Gasteiger partial charge in [0.05, 0.1) is 19.4 Å². The van der Waals surface area contributed by atoms with Crippen LogP contribution in [-0.4, -0.2) is 31.2 Å². The Bertz CT molecular complexity index is 649. The van der Waals surface area contributed by atoms with Crippen LogP contribution in [0.2, 0.25) is 0 Å². The lowest BCUT2D eigenvalue weighted by Gasteiger charge is -2.35. The Morgan fingerprint density at radius 2 is 2.08 bits per heavy atom. The third kappa shape index (κ3) is 3.98. The largest absolute Gasteiger partial charge is 0.481 e. The summed E-state index contributed by atoms with van der Waals surface area (Å²) >= 11 is 6.06. The monoisotopic (exact) mass is 353 g/mol. The van der Waals surface area contributed by atoms with Crippen LogP contribution >= 0.6 is 11.6 Å². The Morgan fingerprint density at radius 1 is 1.38 bits per heavy atom. The van der Waals surface area contributed by atoms with Crippen LogP contribution in [-0.2, 0) is 4.74 Å². The lowest BCUT2D eigenvalue weighted by molar-refractivity contribution is 0.0416. The summed E-state index contributed by atoms with van der Waals surface area (Å²) in [4.78, 5) is 3.93. The van der Waals surface area contributed by atoms with E-state index in [0.29, 0.717) is 17.3 Å². The summed E-state index contributed by atoms with van der Waals surface area (Å²) in [5, 5.41) is 0. The molecule has 24 heavy (non-hydrogen) atoms. The Kier molecular flexibility index (Phi) is 6.05. The molecule has 0 N–H and O–H groups in total. The average molecular weight is 354 g/mol. The molecule has 0 amide bonds. The first-order chi connectivity index (χ1) is 11.3. The predicted molar refractivity (Wildman–Crippen MR) is 95.9 cm³/mol. The van der Waals surface area contributed by atoms with Crippen molar-refractivity contribution in [2.24, 2.45) is 11.3 Å². The molecule has 1 aliphatic rings. The van der Waals surface area contributed by atoms with Gasteiger partial charge in [-0.15, -0.1) is 11.6 Å². The third-order valence-electron chi connectivity index (χ3n) is 4.23. The van der Waals surface area contributed by atoms with Crippen molar-refractivity contribution < 1.29 is 13.9 Å². The summed E-state index contributed by atoms with van der Waals surface area (Å²) in [5.41, 5.74) is 2.25. The van der Waals surface area contributed by atoms with E-state index in [1.54, 1.807) is 13.2 Å². The summed E-state index contributed by atoms with van der Waals surface area (Å²) in [5.74, 6) is 0.754. The minimum Gasteiger partial charge on any atom is -0.481 e. The number of rotatable bonds is 5. The second kappa shape index (κ2) is 7.66. The molecule has 1 heterocycles. The number of ether oxygens (including phenoxy) is 2. The van der Waals surface area contributed by atoms with Crippen molar-refractivity contribution in [3.63, 3.8) is 0 Å². The normalized spacial score (nSPS) is 19.5. The fourth-order valence-electron chi connectivity index (χ4n) is 3.17. The van der Waals surface area contributed by atoms with Gasteiger partial charge < -0.3 is 9.47 Å². The summed E-state index contributed by atoms with van der Waals surface area (Å²) in [6.45, 7) is 6.34. The van der Waals surface area contributed by atoms with Crippen molar-refractivity contribution >= 4 is 17.2 Å². The summed E-state index contributed by atoms with van der Waals surface area (Å²) < 4.78 is 25.4. The maximum Gasteiger partial charge on any atom is 0.213 e. The Morgan fingerprint density at radius 3 is 2.62 bits per heavy atom. The second-order valence-corrected chi connectivity index (χ2v) is 7.41. The molecule has 0 radical (unpaired) electrons. The van der Waals surface area contributed by atoms with Gasteiger partial charge >= 0.3 is 0 Å². The molecule has 0 aromatic carbocycles. The van der Waals surface area contributed by atoms with Gasteiger partial charge in [-0.05, 0) is 28.9 Å². The number of pyridine rings is 1. The number of alkyl halides is 1. The van der Waals surface area contributed by atoms with Gasteiger partial charge in [-0.3, -0.25) is 0 Å². The van der Waals surface area contributed by atoms with E-state index in [-0.39, 0.29) is 23.3 Å². The second-order valence-electron chi connectivity index (χ2n) is 7.10. The standard InChI is InChI=1S/C19H25ClFNO2/c1-19(2,3)18(24-5)15-8-12(10-20)6-7-13(15)14-9-17(23-4)22-11-16(14)21/h6-7,9,11-12,18H,8,10H2,1-5H3/t12?,18-/m0/s1. The van der Waals surface area contributed by atoms with Crippen LogP contribution in [0, 0.1) is 17.2 Å². The summed E-state index contributed by atoms with van der Waals surface area (Å²) in [7, 11) is 3.21. The molecule has 0 spiro atoms. The van der Waals surface area contributed by atoms with Crippen LogP contribution in [0.4, 0.5) is 4.39 Å². The topological polar surface area (TPSA) is 31.4 Å². The number of hydrogen-bond acceptors (Lipinski definition) is 3. The van der Waals surface area contributed by atoms with Gasteiger partial charge in [0.2, 0.25) is 5.88 Å². The van der Waals surface area contributed by atoms with E-state index in [1.165, 1.54) is 13.3 Å². The maximum absolute atomic E-state index is 14.5. The van der Waals surface area contributed by atoms with Gasteiger partial charge in [-0.2, -0.15) is 0 Å². The zero-order valence-electron chi connectivity index (χ0n) is 14.9. The highest BCUT2D eigenvalue weighted by Gasteiger charge is 2.33.